The zero-order valence-electron chi connectivity index (χ0n) is 14.0. The number of hydrogen-bond donors (Lipinski definition) is 2. The fraction of sp³-hybridized carbons (Fsp3) is 0.333. The van der Waals surface area contributed by atoms with E-state index < -0.39 is 11.4 Å². The summed E-state index contributed by atoms with van der Waals surface area (Å²) in [7, 11) is 1.56. The maximum absolute atomic E-state index is 12.5. The molecule has 0 fully saturated rings. The van der Waals surface area contributed by atoms with Crippen LogP contribution in [0.2, 0.25) is 0 Å². The van der Waals surface area contributed by atoms with Crippen LogP contribution in [0.4, 0.5) is 0 Å². The Morgan fingerprint density at radius 2 is 2.12 bits per heavy atom. The average molecular weight is 347 g/mol. The number of fused-ring (bicyclic) bond motifs is 1. The van der Waals surface area contributed by atoms with Gasteiger partial charge < -0.3 is 24.3 Å². The molecule has 1 aromatic heterocycles. The van der Waals surface area contributed by atoms with Gasteiger partial charge in [-0.15, -0.1) is 0 Å². The van der Waals surface area contributed by atoms with Crippen LogP contribution in [-0.4, -0.2) is 54.3 Å². The molecule has 0 unspecified atom stereocenters. The number of nitrogens with zero attached hydrogens (tertiary/aromatic N) is 1. The molecule has 0 aliphatic carbocycles. The molecule has 2 rings (SSSR count). The highest BCUT2D eigenvalue weighted by atomic mass is 16.5. The molecule has 0 bridgehead atoms. The summed E-state index contributed by atoms with van der Waals surface area (Å²) < 4.78 is 11.9. The SMILES string of the molecule is COCCn1cc(C(=O)O)c(=O)c2cc(/C=C/COCCO)ccc21. The van der Waals surface area contributed by atoms with Crippen molar-refractivity contribution in [1.29, 1.82) is 0 Å². The van der Waals surface area contributed by atoms with Gasteiger partial charge in [0, 0.05) is 25.2 Å². The number of carboxylic acids is 1. The Morgan fingerprint density at radius 1 is 1.32 bits per heavy atom. The van der Waals surface area contributed by atoms with E-state index in [4.69, 9.17) is 14.6 Å². The zero-order chi connectivity index (χ0) is 18.2. The fourth-order valence-corrected chi connectivity index (χ4v) is 2.45. The van der Waals surface area contributed by atoms with Crippen molar-refractivity contribution >= 4 is 22.9 Å². The normalized spacial score (nSPS) is 11.4. The summed E-state index contributed by atoms with van der Waals surface area (Å²) in [5, 5.41) is 18.3. The molecule has 2 N–H and O–H groups in total. The summed E-state index contributed by atoms with van der Waals surface area (Å²) in [5.74, 6) is -1.25. The molecular formula is C18H21NO6. The first-order valence-electron chi connectivity index (χ1n) is 7.83. The predicted molar refractivity (Wildman–Crippen MR) is 94.0 cm³/mol. The van der Waals surface area contributed by atoms with Crippen LogP contribution in [0.15, 0.2) is 35.3 Å². The number of carboxylic acid groups (broad SMARTS) is 1. The van der Waals surface area contributed by atoms with E-state index in [-0.39, 0.29) is 18.8 Å². The van der Waals surface area contributed by atoms with Gasteiger partial charge in [0.25, 0.3) is 0 Å². The number of aliphatic hydroxyl groups excluding tert-OH is 1. The van der Waals surface area contributed by atoms with E-state index in [0.717, 1.165) is 5.56 Å². The van der Waals surface area contributed by atoms with Gasteiger partial charge in [-0.25, -0.2) is 4.79 Å². The van der Waals surface area contributed by atoms with Crippen LogP contribution < -0.4 is 5.43 Å². The minimum absolute atomic E-state index is 0.0389. The van der Waals surface area contributed by atoms with Crippen molar-refractivity contribution in [3.8, 4) is 0 Å². The Labute approximate surface area is 144 Å². The van der Waals surface area contributed by atoms with Crippen LogP contribution >= 0.6 is 0 Å². The second kappa shape index (κ2) is 9.12. The van der Waals surface area contributed by atoms with Crippen LogP contribution in [0.1, 0.15) is 15.9 Å². The molecule has 0 radical (unpaired) electrons. The molecule has 2 aromatic rings. The van der Waals surface area contributed by atoms with Crippen molar-refractivity contribution in [1.82, 2.24) is 4.57 Å². The van der Waals surface area contributed by atoms with Gasteiger partial charge in [-0.3, -0.25) is 4.79 Å². The average Bonchev–Trinajstić information content (AvgIpc) is 2.61. The third-order valence-corrected chi connectivity index (χ3v) is 3.63. The minimum atomic E-state index is -1.25. The number of benzene rings is 1. The van der Waals surface area contributed by atoms with Gasteiger partial charge >= 0.3 is 5.97 Å². The quantitative estimate of drug-likeness (QED) is 0.665. The topological polar surface area (TPSA) is 98.0 Å². The number of pyridine rings is 1. The third kappa shape index (κ3) is 4.76. The number of methoxy groups -OCH3 is 1. The summed E-state index contributed by atoms with van der Waals surface area (Å²) >= 11 is 0. The Balaban J connectivity index is 2.43. The lowest BCUT2D eigenvalue weighted by Crippen LogP contribution is -2.20. The summed E-state index contributed by atoms with van der Waals surface area (Å²) in [6.07, 6.45) is 4.90. The first-order chi connectivity index (χ1) is 12.1. The molecule has 0 spiro atoms. The van der Waals surface area contributed by atoms with E-state index in [9.17, 15) is 14.7 Å². The lowest BCUT2D eigenvalue weighted by Gasteiger charge is -2.12. The van der Waals surface area contributed by atoms with E-state index in [2.05, 4.69) is 0 Å². The van der Waals surface area contributed by atoms with Crippen molar-refractivity contribution in [2.24, 2.45) is 0 Å². The molecule has 0 saturated heterocycles. The maximum atomic E-state index is 12.5. The van der Waals surface area contributed by atoms with Gasteiger partial charge in [-0.1, -0.05) is 18.2 Å². The molecule has 134 valence electrons. The van der Waals surface area contributed by atoms with Crippen LogP contribution in [0.3, 0.4) is 0 Å². The highest BCUT2D eigenvalue weighted by Gasteiger charge is 2.14. The standard InChI is InChI=1S/C18H21NO6/c1-24-9-6-19-12-15(18(22)23)17(21)14-11-13(4-5-16(14)19)3-2-8-25-10-7-20/h2-5,11-12,20H,6-10H2,1H3,(H,22,23)/b3-2+. The molecule has 25 heavy (non-hydrogen) atoms. The van der Waals surface area contributed by atoms with E-state index >= 15 is 0 Å². The minimum Gasteiger partial charge on any atom is -0.477 e. The van der Waals surface area contributed by atoms with Gasteiger partial charge in [0.2, 0.25) is 5.43 Å². The highest BCUT2D eigenvalue weighted by Crippen LogP contribution is 2.16. The molecular weight excluding hydrogens is 326 g/mol. The first-order valence-corrected chi connectivity index (χ1v) is 7.83. The first kappa shape index (κ1) is 18.9. The number of hydrogen-bond acceptors (Lipinski definition) is 5. The van der Waals surface area contributed by atoms with E-state index in [1.54, 1.807) is 36.0 Å². The molecule has 0 aliphatic rings. The number of aliphatic hydroxyl groups is 1. The van der Waals surface area contributed by atoms with Crippen LogP contribution in [-0.2, 0) is 16.0 Å². The van der Waals surface area contributed by atoms with Gasteiger partial charge in [0.15, 0.2) is 0 Å². The smallest absolute Gasteiger partial charge is 0.341 e. The number of aromatic nitrogens is 1. The van der Waals surface area contributed by atoms with Crippen molar-refractivity contribution in [3.05, 3.63) is 51.8 Å². The van der Waals surface area contributed by atoms with Crippen LogP contribution in [0, 0.1) is 0 Å². The summed E-state index contributed by atoms with van der Waals surface area (Å²) in [6.45, 7) is 1.40. The number of aromatic carboxylic acids is 1. The molecule has 7 heteroatoms. The lowest BCUT2D eigenvalue weighted by molar-refractivity contribution is 0.0694. The Kier molecular flexibility index (Phi) is 6.88. The Morgan fingerprint density at radius 3 is 2.80 bits per heavy atom. The number of rotatable bonds is 9. The molecule has 1 heterocycles. The van der Waals surface area contributed by atoms with Crippen molar-refractivity contribution in [2.75, 3.05) is 33.5 Å². The molecule has 1 aromatic carbocycles. The van der Waals surface area contributed by atoms with E-state index in [1.807, 2.05) is 6.07 Å². The van der Waals surface area contributed by atoms with Gasteiger partial charge in [-0.2, -0.15) is 0 Å². The third-order valence-electron chi connectivity index (χ3n) is 3.63. The lowest BCUT2D eigenvalue weighted by atomic mass is 10.1. The molecule has 0 saturated carbocycles. The van der Waals surface area contributed by atoms with Crippen molar-refractivity contribution in [2.45, 2.75) is 6.54 Å². The number of carbonyl (C=O) groups is 1. The summed E-state index contributed by atoms with van der Waals surface area (Å²) in [4.78, 5) is 23.8. The van der Waals surface area contributed by atoms with Crippen molar-refractivity contribution < 1.29 is 24.5 Å². The van der Waals surface area contributed by atoms with Gasteiger partial charge in [0.1, 0.15) is 5.56 Å². The summed E-state index contributed by atoms with van der Waals surface area (Å²) in [5.41, 5.74) is 0.637. The van der Waals surface area contributed by atoms with E-state index in [1.165, 1.54) is 6.20 Å². The zero-order valence-corrected chi connectivity index (χ0v) is 14.0. The van der Waals surface area contributed by atoms with Crippen LogP contribution in [0.25, 0.3) is 17.0 Å². The summed E-state index contributed by atoms with van der Waals surface area (Å²) in [6, 6.07) is 5.29. The molecule has 0 aliphatic heterocycles. The second-order valence-electron chi connectivity index (χ2n) is 5.34. The van der Waals surface area contributed by atoms with Gasteiger partial charge in [-0.05, 0) is 17.7 Å². The molecule has 0 atom stereocenters. The fourth-order valence-electron chi connectivity index (χ4n) is 2.45. The van der Waals surface area contributed by atoms with Crippen molar-refractivity contribution in [3.63, 3.8) is 0 Å². The second-order valence-corrected chi connectivity index (χ2v) is 5.34. The van der Waals surface area contributed by atoms with E-state index in [0.29, 0.717) is 30.7 Å². The van der Waals surface area contributed by atoms with Crippen LogP contribution in [0.5, 0.6) is 0 Å². The number of ether oxygens (including phenoxy) is 2. The largest absolute Gasteiger partial charge is 0.477 e. The molecule has 0 amide bonds. The van der Waals surface area contributed by atoms with Gasteiger partial charge in [0.05, 0.1) is 31.9 Å². The Hall–Kier alpha value is -2.48. The predicted octanol–water partition coefficient (Wildman–Crippen LogP) is 1.37. The Bertz CT molecular complexity index is 824. The maximum Gasteiger partial charge on any atom is 0.341 e. The monoisotopic (exact) mass is 347 g/mol. The molecule has 7 nitrogen and oxygen atoms in total. The highest BCUT2D eigenvalue weighted by molar-refractivity contribution is 5.93.